The van der Waals surface area contributed by atoms with Crippen LogP contribution in [0.1, 0.15) is 50.2 Å². The minimum absolute atomic E-state index is 0. The zero-order chi connectivity index (χ0) is 17.0. The summed E-state index contributed by atoms with van der Waals surface area (Å²) in [6.07, 6.45) is 6.55. The Morgan fingerprint density at radius 1 is 0.920 bits per heavy atom. The van der Waals surface area contributed by atoms with Crippen molar-refractivity contribution < 1.29 is 4.74 Å². The molecule has 0 aromatic heterocycles. The van der Waals surface area contributed by atoms with E-state index in [1.807, 2.05) is 36.4 Å². The SMILES string of the molecule is CCCCCCCNCc1ccccc1OCc1ccc(Cl)cc1.Cl. The Balaban J connectivity index is 0.00000312. The topological polar surface area (TPSA) is 21.3 Å². The Morgan fingerprint density at radius 3 is 2.40 bits per heavy atom. The minimum Gasteiger partial charge on any atom is -0.489 e. The van der Waals surface area contributed by atoms with Gasteiger partial charge in [-0.25, -0.2) is 0 Å². The zero-order valence-corrected chi connectivity index (χ0v) is 16.5. The Kier molecular flexibility index (Phi) is 11.4. The molecule has 0 amide bonds. The van der Waals surface area contributed by atoms with Crippen LogP contribution < -0.4 is 10.1 Å². The highest BCUT2D eigenvalue weighted by Crippen LogP contribution is 2.20. The number of para-hydroxylation sites is 1. The van der Waals surface area contributed by atoms with Gasteiger partial charge in [-0.15, -0.1) is 12.4 Å². The van der Waals surface area contributed by atoms with E-state index in [0.29, 0.717) is 6.61 Å². The van der Waals surface area contributed by atoms with E-state index in [1.165, 1.54) is 37.7 Å². The summed E-state index contributed by atoms with van der Waals surface area (Å²) < 4.78 is 5.99. The van der Waals surface area contributed by atoms with Gasteiger partial charge in [0, 0.05) is 17.1 Å². The van der Waals surface area contributed by atoms with Crippen LogP contribution in [0.15, 0.2) is 48.5 Å². The number of hydrogen-bond donors (Lipinski definition) is 1. The van der Waals surface area contributed by atoms with Crippen molar-refractivity contribution in [3.8, 4) is 5.75 Å². The lowest BCUT2D eigenvalue weighted by molar-refractivity contribution is 0.302. The van der Waals surface area contributed by atoms with E-state index in [1.54, 1.807) is 0 Å². The fourth-order valence-corrected chi connectivity index (χ4v) is 2.73. The molecule has 0 heterocycles. The molecule has 2 rings (SSSR count). The molecule has 0 atom stereocenters. The van der Waals surface area contributed by atoms with Gasteiger partial charge in [0.1, 0.15) is 12.4 Å². The lowest BCUT2D eigenvalue weighted by atomic mass is 10.1. The van der Waals surface area contributed by atoms with Crippen LogP contribution in [0.25, 0.3) is 0 Å². The molecule has 0 fully saturated rings. The van der Waals surface area contributed by atoms with Gasteiger partial charge in [-0.3, -0.25) is 0 Å². The van der Waals surface area contributed by atoms with Crippen molar-refractivity contribution >= 4 is 24.0 Å². The predicted octanol–water partition coefficient (Wildman–Crippen LogP) is 6.40. The second kappa shape index (κ2) is 13.0. The summed E-state index contributed by atoms with van der Waals surface area (Å²) in [5.41, 5.74) is 2.33. The maximum Gasteiger partial charge on any atom is 0.124 e. The summed E-state index contributed by atoms with van der Waals surface area (Å²) in [5.74, 6) is 0.950. The van der Waals surface area contributed by atoms with Gasteiger partial charge in [0.2, 0.25) is 0 Å². The molecule has 0 radical (unpaired) electrons. The molecule has 25 heavy (non-hydrogen) atoms. The van der Waals surface area contributed by atoms with Crippen LogP contribution in [-0.2, 0) is 13.2 Å². The average molecular weight is 382 g/mol. The van der Waals surface area contributed by atoms with Gasteiger partial charge in [-0.1, -0.05) is 74.5 Å². The quantitative estimate of drug-likeness (QED) is 0.454. The van der Waals surface area contributed by atoms with Gasteiger partial charge in [-0.2, -0.15) is 0 Å². The molecular weight excluding hydrogens is 353 g/mol. The summed E-state index contributed by atoms with van der Waals surface area (Å²) in [4.78, 5) is 0. The van der Waals surface area contributed by atoms with Crippen LogP contribution in [0, 0.1) is 0 Å². The normalized spacial score (nSPS) is 10.3. The molecule has 0 spiro atoms. The standard InChI is InChI=1S/C21H28ClNO.ClH/c1-2-3-4-5-8-15-23-16-19-9-6-7-10-21(19)24-17-18-11-13-20(22)14-12-18;/h6-7,9-14,23H,2-5,8,15-17H2,1H3;1H. The molecule has 0 saturated carbocycles. The molecule has 0 bridgehead atoms. The Morgan fingerprint density at radius 2 is 1.64 bits per heavy atom. The van der Waals surface area contributed by atoms with Gasteiger partial charge >= 0.3 is 0 Å². The van der Waals surface area contributed by atoms with E-state index in [-0.39, 0.29) is 12.4 Å². The molecular formula is C21H29Cl2NO. The lowest BCUT2D eigenvalue weighted by Gasteiger charge is -2.12. The highest BCUT2D eigenvalue weighted by Gasteiger charge is 2.03. The first-order valence-corrected chi connectivity index (χ1v) is 9.33. The van der Waals surface area contributed by atoms with Crippen LogP contribution in [0.4, 0.5) is 0 Å². The van der Waals surface area contributed by atoms with Crippen molar-refractivity contribution in [3.05, 3.63) is 64.7 Å². The lowest BCUT2D eigenvalue weighted by Crippen LogP contribution is -2.15. The number of ether oxygens (including phenoxy) is 1. The van der Waals surface area contributed by atoms with E-state index in [4.69, 9.17) is 16.3 Å². The number of halogens is 2. The molecule has 0 saturated heterocycles. The van der Waals surface area contributed by atoms with Crippen molar-refractivity contribution in [2.24, 2.45) is 0 Å². The smallest absolute Gasteiger partial charge is 0.124 e. The number of benzene rings is 2. The largest absolute Gasteiger partial charge is 0.489 e. The second-order valence-corrected chi connectivity index (χ2v) is 6.55. The van der Waals surface area contributed by atoms with Crippen molar-refractivity contribution in [1.82, 2.24) is 5.32 Å². The third kappa shape index (κ3) is 8.62. The van der Waals surface area contributed by atoms with Crippen molar-refractivity contribution in [3.63, 3.8) is 0 Å². The maximum atomic E-state index is 5.99. The Bertz CT molecular complexity index is 587. The average Bonchev–Trinajstić information content (AvgIpc) is 2.61. The number of rotatable bonds is 11. The first-order chi connectivity index (χ1) is 11.8. The monoisotopic (exact) mass is 381 g/mol. The van der Waals surface area contributed by atoms with Crippen molar-refractivity contribution in [2.75, 3.05) is 6.54 Å². The van der Waals surface area contributed by atoms with Gasteiger partial charge < -0.3 is 10.1 Å². The summed E-state index contributed by atoms with van der Waals surface area (Å²) in [6, 6.07) is 16.0. The Labute approximate surface area is 163 Å². The van der Waals surface area contributed by atoms with Crippen LogP contribution in [0.2, 0.25) is 5.02 Å². The first kappa shape index (κ1) is 21.8. The summed E-state index contributed by atoms with van der Waals surface area (Å²) in [7, 11) is 0. The maximum absolute atomic E-state index is 5.99. The first-order valence-electron chi connectivity index (χ1n) is 8.95. The molecule has 2 nitrogen and oxygen atoms in total. The molecule has 0 aliphatic heterocycles. The Hall–Kier alpha value is -1.22. The highest BCUT2D eigenvalue weighted by molar-refractivity contribution is 6.30. The fourth-order valence-electron chi connectivity index (χ4n) is 2.61. The van der Waals surface area contributed by atoms with Gasteiger partial charge in [0.25, 0.3) is 0 Å². The number of unbranched alkanes of at least 4 members (excludes halogenated alkanes) is 4. The molecule has 2 aromatic rings. The van der Waals surface area contributed by atoms with E-state index < -0.39 is 0 Å². The molecule has 138 valence electrons. The van der Waals surface area contributed by atoms with Crippen LogP contribution in [0.3, 0.4) is 0 Å². The fraction of sp³-hybridized carbons (Fsp3) is 0.429. The molecule has 0 aliphatic carbocycles. The minimum atomic E-state index is 0. The van der Waals surface area contributed by atoms with Gasteiger partial charge in [0.15, 0.2) is 0 Å². The predicted molar refractivity (Wildman–Crippen MR) is 110 cm³/mol. The molecule has 4 heteroatoms. The molecule has 1 N–H and O–H groups in total. The van der Waals surface area contributed by atoms with E-state index in [2.05, 4.69) is 24.4 Å². The van der Waals surface area contributed by atoms with Crippen LogP contribution >= 0.6 is 24.0 Å². The van der Waals surface area contributed by atoms with E-state index in [0.717, 1.165) is 29.4 Å². The second-order valence-electron chi connectivity index (χ2n) is 6.11. The summed E-state index contributed by atoms with van der Waals surface area (Å²) in [6.45, 7) is 4.73. The van der Waals surface area contributed by atoms with Gasteiger partial charge in [0.05, 0.1) is 0 Å². The summed E-state index contributed by atoms with van der Waals surface area (Å²) >= 11 is 5.92. The van der Waals surface area contributed by atoms with Crippen LogP contribution in [0.5, 0.6) is 5.75 Å². The third-order valence-corrected chi connectivity index (χ3v) is 4.30. The van der Waals surface area contributed by atoms with Crippen molar-refractivity contribution in [2.45, 2.75) is 52.2 Å². The molecule has 0 aliphatic rings. The highest BCUT2D eigenvalue weighted by atomic mass is 35.5. The van der Waals surface area contributed by atoms with Gasteiger partial charge in [-0.05, 0) is 36.7 Å². The molecule has 0 unspecified atom stereocenters. The molecule has 2 aromatic carbocycles. The number of hydrogen-bond acceptors (Lipinski definition) is 2. The zero-order valence-electron chi connectivity index (χ0n) is 15.0. The summed E-state index contributed by atoms with van der Waals surface area (Å²) in [5, 5.41) is 4.28. The van der Waals surface area contributed by atoms with Crippen LogP contribution in [-0.4, -0.2) is 6.54 Å². The van der Waals surface area contributed by atoms with E-state index in [9.17, 15) is 0 Å². The van der Waals surface area contributed by atoms with E-state index >= 15 is 0 Å². The number of nitrogens with one attached hydrogen (secondary N) is 1. The van der Waals surface area contributed by atoms with Crippen molar-refractivity contribution in [1.29, 1.82) is 0 Å². The third-order valence-electron chi connectivity index (χ3n) is 4.05.